The van der Waals surface area contributed by atoms with E-state index < -0.39 is 6.29 Å². The molecule has 3 aromatic rings. The first kappa shape index (κ1) is 25.7. The maximum absolute atomic E-state index is 13.6. The summed E-state index contributed by atoms with van der Waals surface area (Å²) in [4.78, 5) is 30.4. The number of anilines is 1. The summed E-state index contributed by atoms with van der Waals surface area (Å²) in [5.41, 5.74) is 2.25. The number of nitrogens with zero attached hydrogens (tertiary/aromatic N) is 4. The third-order valence-corrected chi connectivity index (χ3v) is 5.75. The number of halogens is 1. The van der Waals surface area contributed by atoms with Crippen molar-refractivity contribution in [3.63, 3.8) is 0 Å². The van der Waals surface area contributed by atoms with Gasteiger partial charge in [0.1, 0.15) is 5.82 Å². The van der Waals surface area contributed by atoms with Gasteiger partial charge in [-0.3, -0.25) is 4.79 Å². The fraction of sp³-hybridized carbons (Fsp3) is 0.440. The third kappa shape index (κ3) is 6.42. The molecule has 1 aromatic carbocycles. The van der Waals surface area contributed by atoms with Crippen molar-refractivity contribution >= 4 is 11.9 Å². The lowest BCUT2D eigenvalue weighted by Gasteiger charge is -2.36. The first-order valence-corrected chi connectivity index (χ1v) is 11.8. The quantitative estimate of drug-likeness (QED) is 0.413. The van der Waals surface area contributed by atoms with Gasteiger partial charge in [0.15, 0.2) is 5.82 Å². The second-order valence-electron chi connectivity index (χ2n) is 9.52. The lowest BCUT2D eigenvalue weighted by Crippen LogP contribution is -2.45. The average Bonchev–Trinajstić information content (AvgIpc) is 3.29. The van der Waals surface area contributed by atoms with Crippen LogP contribution < -0.4 is 10.6 Å². The Morgan fingerprint density at radius 3 is 2.58 bits per heavy atom. The summed E-state index contributed by atoms with van der Waals surface area (Å²) >= 11 is 0. The van der Waals surface area contributed by atoms with Gasteiger partial charge in [-0.25, -0.2) is 19.3 Å². The van der Waals surface area contributed by atoms with Gasteiger partial charge in [-0.05, 0) is 44.4 Å². The van der Waals surface area contributed by atoms with Gasteiger partial charge in [0.25, 0.3) is 0 Å². The van der Waals surface area contributed by atoms with Crippen LogP contribution >= 0.6 is 0 Å². The molecule has 36 heavy (non-hydrogen) atoms. The van der Waals surface area contributed by atoms with Crippen LogP contribution in [0.4, 0.5) is 10.3 Å². The molecule has 3 heterocycles. The number of hydrogen-bond acceptors (Lipinski definition) is 8. The number of carbonyl (C=O) groups is 1. The second-order valence-corrected chi connectivity index (χ2v) is 9.52. The first-order chi connectivity index (χ1) is 17.2. The Morgan fingerprint density at radius 1 is 1.19 bits per heavy atom. The molecular weight excluding hydrogens is 465 g/mol. The number of H-pyrrole nitrogens is 1. The van der Waals surface area contributed by atoms with Gasteiger partial charge in [-0.1, -0.05) is 6.92 Å². The van der Waals surface area contributed by atoms with Crippen molar-refractivity contribution in [2.24, 2.45) is 5.41 Å². The van der Waals surface area contributed by atoms with Crippen molar-refractivity contribution in [3.05, 3.63) is 48.2 Å². The van der Waals surface area contributed by atoms with Crippen LogP contribution in [-0.4, -0.2) is 77.7 Å². The number of ether oxygens (including phenoxy) is 2. The van der Waals surface area contributed by atoms with E-state index in [-0.39, 0.29) is 17.1 Å². The van der Waals surface area contributed by atoms with Gasteiger partial charge in [-0.15, -0.1) is 0 Å². The molecule has 0 atom stereocenters. The van der Waals surface area contributed by atoms with Crippen LogP contribution in [0.3, 0.4) is 0 Å². The minimum Gasteiger partial charge on any atom is -0.356 e. The molecule has 192 valence electrons. The van der Waals surface area contributed by atoms with E-state index in [1.165, 1.54) is 19.1 Å². The normalized spacial score (nSPS) is 19.9. The number of aromatic nitrogens is 4. The predicted octanol–water partition coefficient (Wildman–Crippen LogP) is 2.83. The Bertz CT molecular complexity index is 1170. The minimum atomic E-state index is -0.720. The van der Waals surface area contributed by atoms with Gasteiger partial charge in [-0.2, -0.15) is 0 Å². The van der Waals surface area contributed by atoms with Gasteiger partial charge in [0.2, 0.25) is 18.1 Å². The zero-order valence-corrected chi connectivity index (χ0v) is 21.0. The summed E-state index contributed by atoms with van der Waals surface area (Å²) in [6.07, 6.45) is 0.957. The van der Waals surface area contributed by atoms with Gasteiger partial charge < -0.3 is 30.0 Å². The number of imidazole rings is 1. The van der Waals surface area contributed by atoms with Gasteiger partial charge >= 0.3 is 0 Å². The van der Waals surface area contributed by atoms with E-state index in [2.05, 4.69) is 30.5 Å². The van der Waals surface area contributed by atoms with Crippen LogP contribution in [0.1, 0.15) is 26.0 Å². The number of nitrogens with one attached hydrogen (secondary N) is 3. The van der Waals surface area contributed by atoms with E-state index in [1.54, 1.807) is 24.4 Å². The highest BCUT2D eigenvalue weighted by Gasteiger charge is 2.35. The summed E-state index contributed by atoms with van der Waals surface area (Å²) in [6.45, 7) is 6.21. The molecule has 1 aliphatic heterocycles. The number of aromatic amines is 1. The Morgan fingerprint density at radius 2 is 1.92 bits per heavy atom. The van der Waals surface area contributed by atoms with Crippen molar-refractivity contribution in [3.8, 4) is 22.6 Å². The van der Waals surface area contributed by atoms with E-state index in [0.29, 0.717) is 55.2 Å². The summed E-state index contributed by atoms with van der Waals surface area (Å²) in [5.74, 6) is 0.544. The smallest absolute Gasteiger partial charge is 0.223 e. The fourth-order valence-corrected chi connectivity index (χ4v) is 3.72. The molecule has 3 N–H and O–H groups in total. The van der Waals surface area contributed by atoms with Crippen molar-refractivity contribution in [1.29, 1.82) is 0 Å². The Balaban J connectivity index is 1.60. The van der Waals surface area contributed by atoms with E-state index in [1.807, 2.05) is 21.0 Å². The molecule has 0 saturated carbocycles. The van der Waals surface area contributed by atoms with E-state index in [9.17, 15) is 9.18 Å². The molecular formula is C25H32FN7O3. The second kappa shape index (κ2) is 11.1. The molecule has 11 heteroatoms. The van der Waals surface area contributed by atoms with Gasteiger partial charge in [0, 0.05) is 43.7 Å². The number of likely N-dealkylation sites (N-methyl/N-ethyl adjacent to an activating group) is 1. The molecule has 1 saturated heterocycles. The maximum Gasteiger partial charge on any atom is 0.223 e. The first-order valence-electron chi connectivity index (χ1n) is 11.8. The molecule has 1 fully saturated rings. The van der Waals surface area contributed by atoms with Crippen LogP contribution in [0.5, 0.6) is 0 Å². The number of amides is 1. The third-order valence-electron chi connectivity index (χ3n) is 5.75. The molecule has 0 bridgehead atoms. The van der Waals surface area contributed by atoms with Crippen molar-refractivity contribution in [2.75, 3.05) is 52.3 Å². The molecule has 10 nitrogen and oxygen atoms in total. The zero-order chi connectivity index (χ0) is 25.7. The molecule has 0 aliphatic carbocycles. The lowest BCUT2D eigenvalue weighted by molar-refractivity contribution is -0.232. The molecule has 0 radical (unpaired) electrons. The van der Waals surface area contributed by atoms with Crippen molar-refractivity contribution in [2.45, 2.75) is 20.1 Å². The summed E-state index contributed by atoms with van der Waals surface area (Å²) in [5, 5.41) is 6.05. The van der Waals surface area contributed by atoms with Crippen molar-refractivity contribution in [1.82, 2.24) is 30.2 Å². The molecule has 0 spiro atoms. The highest BCUT2D eigenvalue weighted by atomic mass is 19.1. The molecule has 4 rings (SSSR count). The minimum absolute atomic E-state index is 0.0987. The van der Waals surface area contributed by atoms with Crippen molar-refractivity contribution < 1.29 is 18.7 Å². The SMILES string of the molecule is CC(=O)NCC1(C)COC(c2nc(-c3ccc(F)cc3)c(-c3ccnc(NCCN(C)C)n3)[nH]2)OC1. The number of rotatable bonds is 9. The molecule has 0 unspecified atom stereocenters. The molecule has 1 aliphatic rings. The summed E-state index contributed by atoms with van der Waals surface area (Å²) in [7, 11) is 4.00. The fourth-order valence-electron chi connectivity index (χ4n) is 3.72. The standard InChI is InChI=1S/C25H32FN7O3/c1-16(34)29-13-25(2)14-35-23(36-15-25)22-31-20(17-5-7-18(26)8-6-17)21(32-22)19-9-10-27-24(30-19)28-11-12-33(3)4/h5-10,23H,11-15H2,1-4H3,(H,29,34)(H,31,32)(H,27,28,30). The maximum atomic E-state index is 13.6. The predicted molar refractivity (Wildman–Crippen MR) is 133 cm³/mol. The van der Waals surface area contributed by atoms with Crippen LogP contribution in [0.2, 0.25) is 0 Å². The number of carbonyl (C=O) groups excluding carboxylic acids is 1. The highest BCUT2D eigenvalue weighted by Crippen LogP contribution is 2.35. The zero-order valence-electron chi connectivity index (χ0n) is 21.0. The highest BCUT2D eigenvalue weighted by molar-refractivity contribution is 5.77. The molecule has 2 aromatic heterocycles. The average molecular weight is 498 g/mol. The number of benzene rings is 1. The van der Waals surface area contributed by atoms with E-state index in [0.717, 1.165) is 12.1 Å². The number of hydrogen-bond donors (Lipinski definition) is 3. The van der Waals surface area contributed by atoms with E-state index >= 15 is 0 Å². The largest absolute Gasteiger partial charge is 0.356 e. The van der Waals surface area contributed by atoms with Crippen LogP contribution in [0, 0.1) is 11.2 Å². The monoisotopic (exact) mass is 497 g/mol. The Kier molecular flexibility index (Phi) is 7.92. The van der Waals surface area contributed by atoms with Crippen LogP contribution in [0.15, 0.2) is 36.5 Å². The topological polar surface area (TPSA) is 117 Å². The van der Waals surface area contributed by atoms with Gasteiger partial charge in [0.05, 0.1) is 30.3 Å². The summed E-state index contributed by atoms with van der Waals surface area (Å²) < 4.78 is 25.6. The Labute approximate surface area is 209 Å². The Hall–Kier alpha value is -3.41. The van der Waals surface area contributed by atoms with Crippen LogP contribution in [0.25, 0.3) is 22.6 Å². The lowest BCUT2D eigenvalue weighted by atomic mass is 9.92. The summed E-state index contributed by atoms with van der Waals surface area (Å²) in [6, 6.07) is 7.91. The van der Waals surface area contributed by atoms with E-state index in [4.69, 9.17) is 14.5 Å². The van der Waals surface area contributed by atoms with Crippen LogP contribution in [-0.2, 0) is 14.3 Å². The molecule has 1 amide bonds.